The zero-order valence-electron chi connectivity index (χ0n) is 15.6. The van der Waals surface area contributed by atoms with Crippen molar-refractivity contribution < 1.29 is 19.0 Å². The van der Waals surface area contributed by atoms with Crippen LogP contribution in [0.25, 0.3) is 32.9 Å². The minimum atomic E-state index is -1.68. The van der Waals surface area contributed by atoms with Crippen molar-refractivity contribution in [3.8, 4) is 16.9 Å². The molecular formula is C25H18N2O2+2. The number of ether oxygens (including phenoxy) is 1. The van der Waals surface area contributed by atoms with Crippen molar-refractivity contribution in [2.24, 2.45) is 0 Å². The highest BCUT2D eigenvalue weighted by molar-refractivity contribution is 5.96. The second-order valence-corrected chi connectivity index (χ2v) is 7.23. The molecular weight excluding hydrogens is 360 g/mol. The average Bonchev–Trinajstić information content (AvgIpc) is 3.08. The van der Waals surface area contributed by atoms with E-state index in [1.807, 2.05) is 79.1 Å². The van der Waals surface area contributed by atoms with Gasteiger partial charge in [-0.15, -0.1) is 0 Å². The molecule has 2 aromatic heterocycles. The summed E-state index contributed by atoms with van der Waals surface area (Å²) in [6.07, 6.45) is 3.71. The Labute approximate surface area is 167 Å². The van der Waals surface area contributed by atoms with E-state index in [0.29, 0.717) is 5.75 Å². The molecule has 0 aliphatic carbocycles. The smallest absolute Gasteiger partial charge is 0.345 e. The van der Waals surface area contributed by atoms with Gasteiger partial charge in [0.2, 0.25) is 11.3 Å². The van der Waals surface area contributed by atoms with Crippen molar-refractivity contribution in [1.29, 1.82) is 0 Å². The number of hydrogen-bond acceptors (Lipinski definition) is 2. The highest BCUT2D eigenvalue weighted by Crippen LogP contribution is 2.37. The zero-order chi connectivity index (χ0) is 19.4. The number of fused-ring (bicyclic) bond motifs is 1. The summed E-state index contributed by atoms with van der Waals surface area (Å²) in [5.41, 5.74) is 3.99. The Kier molecular flexibility index (Phi) is 3.28. The Balaban J connectivity index is 1.64. The molecule has 4 heteroatoms. The van der Waals surface area contributed by atoms with Gasteiger partial charge >= 0.3 is 6.03 Å². The molecule has 1 atom stereocenters. The molecule has 4 nitrogen and oxygen atoms in total. The highest BCUT2D eigenvalue weighted by Gasteiger charge is 2.60. The van der Waals surface area contributed by atoms with Crippen LogP contribution in [0.2, 0.25) is 0 Å². The first-order valence-corrected chi connectivity index (χ1v) is 9.60. The summed E-state index contributed by atoms with van der Waals surface area (Å²) in [6, 6.07) is 28.5. The summed E-state index contributed by atoms with van der Waals surface area (Å²) < 4.78 is 9.75. The van der Waals surface area contributed by atoms with E-state index in [4.69, 9.17) is 4.74 Å². The fourth-order valence-corrected chi connectivity index (χ4v) is 4.28. The van der Waals surface area contributed by atoms with Gasteiger partial charge in [0.1, 0.15) is 0 Å². The van der Waals surface area contributed by atoms with Gasteiger partial charge in [-0.2, -0.15) is 0 Å². The normalized spacial score (nSPS) is 17.6. The van der Waals surface area contributed by atoms with Crippen LogP contribution in [0.1, 0.15) is 0 Å². The molecule has 1 N–H and O–H groups in total. The fraction of sp³-hybridized carbons (Fsp3) is 0.0400. The Morgan fingerprint density at radius 1 is 0.690 bits per heavy atom. The quantitative estimate of drug-likeness (QED) is 0.475. The third-order valence-corrected chi connectivity index (χ3v) is 5.59. The van der Waals surface area contributed by atoms with E-state index < -0.39 is 6.03 Å². The summed E-state index contributed by atoms with van der Waals surface area (Å²) in [5.74, 6) is 0.656. The van der Waals surface area contributed by atoms with Gasteiger partial charge in [0.15, 0.2) is 12.4 Å². The average molecular weight is 378 g/mol. The third-order valence-electron chi connectivity index (χ3n) is 5.59. The van der Waals surface area contributed by atoms with Crippen molar-refractivity contribution in [2.75, 3.05) is 0 Å². The first kappa shape index (κ1) is 16.2. The summed E-state index contributed by atoms with van der Waals surface area (Å²) in [5, 5.41) is 13.8. The Morgan fingerprint density at radius 2 is 1.41 bits per heavy atom. The minimum Gasteiger partial charge on any atom is -0.345 e. The van der Waals surface area contributed by atoms with Crippen LogP contribution in [0.4, 0.5) is 0 Å². The maximum atomic E-state index is 11.8. The lowest BCUT2D eigenvalue weighted by atomic mass is 10.0. The zero-order valence-corrected chi connectivity index (χ0v) is 15.6. The largest absolute Gasteiger partial charge is 0.665 e. The van der Waals surface area contributed by atoms with E-state index >= 15 is 0 Å². The fourth-order valence-electron chi connectivity index (χ4n) is 4.28. The van der Waals surface area contributed by atoms with Crippen molar-refractivity contribution in [3.63, 3.8) is 0 Å². The van der Waals surface area contributed by atoms with Gasteiger partial charge in [0.25, 0.3) is 5.52 Å². The number of aliphatic hydroxyl groups is 1. The van der Waals surface area contributed by atoms with Crippen molar-refractivity contribution in [3.05, 3.63) is 103 Å². The molecule has 0 spiro atoms. The molecule has 0 amide bonds. The van der Waals surface area contributed by atoms with Crippen LogP contribution in [-0.4, -0.2) is 5.11 Å². The number of hydrogen-bond donors (Lipinski definition) is 1. The number of para-hydroxylation sites is 1. The molecule has 6 rings (SSSR count). The summed E-state index contributed by atoms with van der Waals surface area (Å²) >= 11 is 0. The SMILES string of the molecule is OC1([n+]2cccc3ccccc32)Oc2ccc(-c3ccccc3)c3ccc[n+]1c23. The molecule has 1 unspecified atom stereocenters. The standard InChI is InChI=1S/C25H18N2O2/c28-25(26-16-6-11-19-10-4-5-13-22(19)26)27-17-7-12-21-20(18-8-2-1-3-9-18)14-15-23(29-25)24(21)27/h1-17,28H/q+2. The van der Waals surface area contributed by atoms with Crippen molar-refractivity contribution >= 4 is 21.8 Å². The van der Waals surface area contributed by atoms with E-state index in [2.05, 4.69) is 24.3 Å². The molecule has 5 aromatic rings. The van der Waals surface area contributed by atoms with Crippen LogP contribution < -0.4 is 13.9 Å². The number of rotatable bonds is 2. The Morgan fingerprint density at radius 3 is 2.31 bits per heavy atom. The van der Waals surface area contributed by atoms with Gasteiger partial charge in [-0.25, -0.2) is 5.11 Å². The number of benzene rings is 3. The van der Waals surface area contributed by atoms with Crippen LogP contribution >= 0.6 is 0 Å². The third kappa shape index (κ3) is 2.24. The molecule has 3 aromatic carbocycles. The molecule has 0 saturated carbocycles. The molecule has 3 heterocycles. The molecule has 1 aliphatic rings. The maximum Gasteiger partial charge on any atom is 0.665 e. The van der Waals surface area contributed by atoms with Crippen LogP contribution in [0.3, 0.4) is 0 Å². The molecule has 1 aliphatic heterocycles. The lowest BCUT2D eigenvalue weighted by Crippen LogP contribution is -2.74. The van der Waals surface area contributed by atoms with Gasteiger partial charge in [-0.05, 0) is 41.5 Å². The van der Waals surface area contributed by atoms with Crippen molar-refractivity contribution in [1.82, 2.24) is 0 Å². The van der Waals surface area contributed by atoms with E-state index in [-0.39, 0.29) is 0 Å². The summed E-state index contributed by atoms with van der Waals surface area (Å²) in [7, 11) is 0. The Bertz CT molecular complexity index is 1390. The number of aromatic nitrogens is 2. The van der Waals surface area contributed by atoms with Crippen LogP contribution in [0, 0.1) is 0 Å². The van der Waals surface area contributed by atoms with Gasteiger partial charge in [-0.3, -0.25) is 0 Å². The van der Waals surface area contributed by atoms with E-state index in [9.17, 15) is 5.11 Å². The van der Waals surface area contributed by atoms with Gasteiger partial charge in [0.05, 0.1) is 5.39 Å². The van der Waals surface area contributed by atoms with Gasteiger partial charge < -0.3 is 4.74 Å². The van der Waals surface area contributed by atoms with Gasteiger partial charge in [0, 0.05) is 23.6 Å². The molecule has 138 valence electrons. The topological polar surface area (TPSA) is 37.2 Å². The van der Waals surface area contributed by atoms with Crippen LogP contribution in [0.5, 0.6) is 5.75 Å². The molecule has 0 radical (unpaired) electrons. The van der Waals surface area contributed by atoms with Crippen molar-refractivity contribution in [2.45, 2.75) is 6.03 Å². The molecule has 29 heavy (non-hydrogen) atoms. The van der Waals surface area contributed by atoms with Crippen LogP contribution in [-0.2, 0) is 6.03 Å². The summed E-state index contributed by atoms with van der Waals surface area (Å²) in [6.45, 7) is 0. The predicted molar refractivity (Wildman–Crippen MR) is 110 cm³/mol. The molecule has 0 bridgehead atoms. The Hall–Kier alpha value is -3.76. The second kappa shape index (κ2) is 5.87. The van der Waals surface area contributed by atoms with Gasteiger partial charge in [-0.1, -0.05) is 51.6 Å². The van der Waals surface area contributed by atoms with Crippen LogP contribution in [0.15, 0.2) is 103 Å². The number of nitrogens with zero attached hydrogens (tertiary/aromatic N) is 2. The molecule has 0 saturated heterocycles. The first-order valence-electron chi connectivity index (χ1n) is 9.60. The van der Waals surface area contributed by atoms with E-state index in [1.54, 1.807) is 9.13 Å². The minimum absolute atomic E-state index is 0.656. The molecule has 0 fully saturated rings. The monoisotopic (exact) mass is 378 g/mol. The predicted octanol–water partition coefficient (Wildman–Crippen LogP) is 3.74. The van der Waals surface area contributed by atoms with E-state index in [1.165, 1.54) is 0 Å². The lowest BCUT2D eigenvalue weighted by molar-refractivity contribution is -1.05. The summed E-state index contributed by atoms with van der Waals surface area (Å²) in [4.78, 5) is 0. The first-order chi connectivity index (χ1) is 14.3. The van der Waals surface area contributed by atoms with E-state index in [0.717, 1.165) is 32.9 Å². The highest BCUT2D eigenvalue weighted by atomic mass is 16.7. The maximum absolute atomic E-state index is 11.8. The number of pyridine rings is 2. The second-order valence-electron chi connectivity index (χ2n) is 7.23. The lowest BCUT2D eigenvalue weighted by Gasteiger charge is -2.11.